The quantitative estimate of drug-likeness (QED) is 0.381. The van der Waals surface area contributed by atoms with E-state index < -0.39 is 7.52 Å². The molecule has 1 N–H and O–H groups in total. The van der Waals surface area contributed by atoms with Crippen molar-refractivity contribution in [3.8, 4) is 0 Å². The van der Waals surface area contributed by atoms with Crippen LogP contribution in [0.2, 0.25) is 0 Å². The second-order valence-electron chi connectivity index (χ2n) is 3.18. The van der Waals surface area contributed by atoms with Crippen LogP contribution in [0.1, 0.15) is 39.5 Å². The number of rotatable bonds is 9. The van der Waals surface area contributed by atoms with E-state index in [9.17, 15) is 4.57 Å². The molecular formula is C9H21ClNO2P. The average molecular weight is 242 g/mol. The van der Waals surface area contributed by atoms with Crippen LogP contribution in [0.5, 0.6) is 0 Å². The Morgan fingerprint density at radius 1 is 1.29 bits per heavy atom. The van der Waals surface area contributed by atoms with E-state index in [2.05, 4.69) is 12.0 Å². The minimum atomic E-state index is -2.73. The molecule has 1 unspecified atom stereocenters. The summed E-state index contributed by atoms with van der Waals surface area (Å²) in [4.78, 5) is 0. The van der Waals surface area contributed by atoms with Crippen molar-refractivity contribution in [1.29, 1.82) is 0 Å². The molecule has 0 radical (unpaired) electrons. The molecule has 0 bridgehead atoms. The van der Waals surface area contributed by atoms with Gasteiger partial charge >= 0.3 is 0 Å². The van der Waals surface area contributed by atoms with E-state index in [1.165, 1.54) is 12.8 Å². The van der Waals surface area contributed by atoms with Gasteiger partial charge in [-0.3, -0.25) is 4.57 Å². The Morgan fingerprint density at radius 3 is 2.50 bits per heavy atom. The highest BCUT2D eigenvalue weighted by Gasteiger charge is 2.19. The third-order valence-corrected chi connectivity index (χ3v) is 4.52. The van der Waals surface area contributed by atoms with Crippen LogP contribution in [0.25, 0.3) is 0 Å². The van der Waals surface area contributed by atoms with Crippen molar-refractivity contribution < 1.29 is 9.09 Å². The smallest absolute Gasteiger partial charge is 0.284 e. The highest BCUT2D eigenvalue weighted by Crippen LogP contribution is 2.42. The first kappa shape index (κ1) is 14.4. The second kappa shape index (κ2) is 8.72. The monoisotopic (exact) mass is 241 g/mol. The van der Waals surface area contributed by atoms with Crippen LogP contribution >= 0.6 is 19.1 Å². The van der Waals surface area contributed by atoms with Crippen molar-refractivity contribution in [3.63, 3.8) is 0 Å². The maximum absolute atomic E-state index is 11.7. The van der Waals surface area contributed by atoms with Gasteiger partial charge in [0.2, 0.25) is 0 Å². The molecule has 0 spiro atoms. The molecular weight excluding hydrogens is 221 g/mol. The molecule has 14 heavy (non-hydrogen) atoms. The van der Waals surface area contributed by atoms with Crippen LogP contribution in [-0.4, -0.2) is 18.8 Å². The first-order valence-electron chi connectivity index (χ1n) is 5.23. The van der Waals surface area contributed by atoms with E-state index in [1.54, 1.807) is 0 Å². The molecule has 0 heterocycles. The van der Waals surface area contributed by atoms with E-state index in [1.807, 2.05) is 6.92 Å². The third-order valence-electron chi connectivity index (χ3n) is 1.88. The van der Waals surface area contributed by atoms with E-state index in [4.69, 9.17) is 16.1 Å². The Morgan fingerprint density at radius 2 is 2.00 bits per heavy atom. The van der Waals surface area contributed by atoms with Gasteiger partial charge < -0.3 is 4.52 Å². The van der Waals surface area contributed by atoms with E-state index in [-0.39, 0.29) is 5.62 Å². The molecule has 0 amide bonds. The molecule has 0 aliphatic heterocycles. The lowest BCUT2D eigenvalue weighted by Crippen LogP contribution is -2.15. The molecule has 86 valence electrons. The summed E-state index contributed by atoms with van der Waals surface area (Å²) in [6, 6.07) is 0. The Balaban J connectivity index is 3.57. The molecule has 0 saturated carbocycles. The summed E-state index contributed by atoms with van der Waals surface area (Å²) < 4.78 is 16.8. The maximum atomic E-state index is 11.7. The molecule has 0 aliphatic rings. The number of hydrogen-bond acceptors (Lipinski definition) is 2. The zero-order valence-corrected chi connectivity index (χ0v) is 10.7. The first-order valence-corrected chi connectivity index (χ1v) is 7.57. The third kappa shape index (κ3) is 6.83. The van der Waals surface area contributed by atoms with Gasteiger partial charge in [0.05, 0.1) is 6.61 Å². The Labute approximate surface area is 92.1 Å². The highest BCUT2D eigenvalue weighted by molar-refractivity contribution is 7.58. The van der Waals surface area contributed by atoms with Crippen molar-refractivity contribution >= 4 is 19.1 Å². The largest absolute Gasteiger partial charge is 0.317 e. The van der Waals surface area contributed by atoms with Gasteiger partial charge in [-0.05, 0) is 13.3 Å². The van der Waals surface area contributed by atoms with Gasteiger partial charge in [-0.2, -0.15) is 0 Å². The molecule has 0 aliphatic carbocycles. The van der Waals surface area contributed by atoms with Gasteiger partial charge in [0.15, 0.2) is 0 Å². The summed E-state index contributed by atoms with van der Waals surface area (Å²) in [7, 11) is -2.73. The van der Waals surface area contributed by atoms with E-state index in [0.717, 1.165) is 19.4 Å². The predicted octanol–water partition coefficient (Wildman–Crippen LogP) is 3.58. The predicted molar refractivity (Wildman–Crippen MR) is 62.1 cm³/mol. The van der Waals surface area contributed by atoms with Crippen molar-refractivity contribution in [2.24, 2.45) is 0 Å². The lowest BCUT2D eigenvalue weighted by Gasteiger charge is -2.15. The van der Waals surface area contributed by atoms with Gasteiger partial charge in [0, 0.05) is 6.54 Å². The fraction of sp³-hybridized carbons (Fsp3) is 1.00. The first-order chi connectivity index (χ1) is 6.68. The summed E-state index contributed by atoms with van der Waals surface area (Å²) in [5.74, 6) is 0. The van der Waals surface area contributed by atoms with Crippen molar-refractivity contribution in [1.82, 2.24) is 5.09 Å². The topological polar surface area (TPSA) is 38.3 Å². The Hall–Kier alpha value is 0.440. The van der Waals surface area contributed by atoms with Crippen molar-refractivity contribution in [2.75, 3.05) is 18.8 Å². The van der Waals surface area contributed by atoms with Crippen LogP contribution in [-0.2, 0) is 9.09 Å². The molecule has 0 fully saturated rings. The average Bonchev–Trinajstić information content (AvgIpc) is 2.18. The summed E-state index contributed by atoms with van der Waals surface area (Å²) in [6.07, 6.45) is 4.62. The van der Waals surface area contributed by atoms with Crippen LogP contribution < -0.4 is 5.09 Å². The molecule has 1 atom stereocenters. The van der Waals surface area contributed by atoms with Crippen LogP contribution in [0, 0.1) is 0 Å². The molecule has 0 aromatic heterocycles. The lowest BCUT2D eigenvalue weighted by molar-refractivity contribution is 0.327. The maximum Gasteiger partial charge on any atom is 0.284 e. The summed E-state index contributed by atoms with van der Waals surface area (Å²) in [6.45, 7) is 5.14. The fourth-order valence-corrected chi connectivity index (χ4v) is 2.75. The molecule has 5 heteroatoms. The molecule has 0 aromatic rings. The fourth-order valence-electron chi connectivity index (χ4n) is 1.13. The Kier molecular flexibility index (Phi) is 9.00. The molecule has 0 aromatic carbocycles. The number of nitrogens with one attached hydrogen (secondary N) is 1. The van der Waals surface area contributed by atoms with E-state index >= 15 is 0 Å². The number of unbranched alkanes of at least 4 members (excludes halogenated alkanes) is 3. The zero-order chi connectivity index (χ0) is 10.9. The van der Waals surface area contributed by atoms with Gasteiger partial charge in [-0.25, -0.2) is 5.09 Å². The Bertz CT molecular complexity index is 178. The normalized spacial score (nSPS) is 15.4. The highest BCUT2D eigenvalue weighted by atomic mass is 35.5. The number of halogens is 1. The number of alkyl halides is 1. The van der Waals surface area contributed by atoms with Crippen LogP contribution in [0.15, 0.2) is 0 Å². The summed E-state index contributed by atoms with van der Waals surface area (Å²) >= 11 is 5.58. The van der Waals surface area contributed by atoms with Gasteiger partial charge in [-0.15, -0.1) is 11.6 Å². The van der Waals surface area contributed by atoms with Crippen LogP contribution in [0.4, 0.5) is 0 Å². The summed E-state index contributed by atoms with van der Waals surface area (Å²) in [5, 5.41) is 2.91. The lowest BCUT2D eigenvalue weighted by atomic mass is 10.2. The van der Waals surface area contributed by atoms with Gasteiger partial charge in [-0.1, -0.05) is 26.2 Å². The minimum Gasteiger partial charge on any atom is -0.317 e. The van der Waals surface area contributed by atoms with Gasteiger partial charge in [0.1, 0.15) is 5.62 Å². The molecule has 3 nitrogen and oxygen atoms in total. The standard InChI is InChI=1S/C9H21ClNO2P/c1-3-5-6-7-8-11-14(12,9-10)13-4-2/h3-9H2,1-2H3,(H,11,12). The van der Waals surface area contributed by atoms with E-state index in [0.29, 0.717) is 6.61 Å². The summed E-state index contributed by atoms with van der Waals surface area (Å²) in [5.41, 5.74) is 0.0502. The zero-order valence-electron chi connectivity index (χ0n) is 9.09. The van der Waals surface area contributed by atoms with Gasteiger partial charge in [0.25, 0.3) is 7.52 Å². The van der Waals surface area contributed by atoms with Crippen molar-refractivity contribution in [2.45, 2.75) is 39.5 Å². The van der Waals surface area contributed by atoms with Crippen molar-refractivity contribution in [3.05, 3.63) is 0 Å². The molecule has 0 saturated heterocycles. The molecule has 0 rings (SSSR count). The SMILES string of the molecule is CCCCCCNP(=O)(CCl)OCC. The van der Waals surface area contributed by atoms with Crippen LogP contribution in [0.3, 0.4) is 0 Å². The minimum absolute atomic E-state index is 0.0502. The number of hydrogen-bond donors (Lipinski definition) is 1. The second-order valence-corrected chi connectivity index (χ2v) is 6.06.